The molecule has 0 heterocycles. The zero-order chi connectivity index (χ0) is 15.7. The SMILES string of the molecule is CCCCNC(=O)c1cccc(NC(=O)CCC(=O)O)c1. The Morgan fingerprint density at radius 1 is 1.19 bits per heavy atom. The van der Waals surface area contributed by atoms with Gasteiger partial charge >= 0.3 is 5.97 Å². The molecular weight excluding hydrogens is 272 g/mol. The summed E-state index contributed by atoms with van der Waals surface area (Å²) in [5.41, 5.74) is 0.940. The highest BCUT2D eigenvalue weighted by Crippen LogP contribution is 2.11. The predicted octanol–water partition coefficient (Wildman–Crippen LogP) is 2.02. The molecule has 0 spiro atoms. The molecule has 0 bridgehead atoms. The third kappa shape index (κ3) is 6.56. The highest BCUT2D eigenvalue weighted by molar-refractivity contribution is 5.97. The van der Waals surface area contributed by atoms with Crippen molar-refractivity contribution < 1.29 is 19.5 Å². The van der Waals surface area contributed by atoms with Crippen molar-refractivity contribution in [3.63, 3.8) is 0 Å². The van der Waals surface area contributed by atoms with E-state index >= 15 is 0 Å². The fourth-order valence-corrected chi connectivity index (χ4v) is 1.66. The lowest BCUT2D eigenvalue weighted by Crippen LogP contribution is -2.24. The number of carbonyl (C=O) groups is 3. The molecule has 1 aromatic carbocycles. The van der Waals surface area contributed by atoms with Crippen LogP contribution in [0, 0.1) is 0 Å². The maximum Gasteiger partial charge on any atom is 0.303 e. The van der Waals surface area contributed by atoms with Crippen molar-refractivity contribution >= 4 is 23.5 Å². The van der Waals surface area contributed by atoms with Crippen LogP contribution in [0.4, 0.5) is 5.69 Å². The Morgan fingerprint density at radius 2 is 1.95 bits per heavy atom. The summed E-state index contributed by atoms with van der Waals surface area (Å²) in [7, 11) is 0. The number of hydrogen-bond donors (Lipinski definition) is 3. The normalized spacial score (nSPS) is 9.95. The largest absolute Gasteiger partial charge is 0.481 e. The van der Waals surface area contributed by atoms with E-state index in [2.05, 4.69) is 10.6 Å². The van der Waals surface area contributed by atoms with Crippen LogP contribution in [-0.2, 0) is 9.59 Å². The fourth-order valence-electron chi connectivity index (χ4n) is 1.66. The second kappa shape index (κ2) is 8.73. The lowest BCUT2D eigenvalue weighted by molar-refractivity contribution is -0.138. The van der Waals surface area contributed by atoms with E-state index in [1.165, 1.54) is 0 Å². The van der Waals surface area contributed by atoms with Crippen LogP contribution in [-0.4, -0.2) is 29.4 Å². The Labute approximate surface area is 123 Å². The van der Waals surface area contributed by atoms with Crippen molar-refractivity contribution in [2.75, 3.05) is 11.9 Å². The Kier molecular flexibility index (Phi) is 6.94. The molecule has 0 saturated carbocycles. The molecule has 1 aromatic rings. The molecule has 3 N–H and O–H groups in total. The molecule has 1 rings (SSSR count). The number of amides is 2. The van der Waals surface area contributed by atoms with Crippen LogP contribution in [0.25, 0.3) is 0 Å². The Bertz CT molecular complexity index is 514. The third-order valence-electron chi connectivity index (χ3n) is 2.79. The van der Waals surface area contributed by atoms with Gasteiger partial charge in [-0.1, -0.05) is 19.4 Å². The molecule has 2 amide bonds. The minimum Gasteiger partial charge on any atom is -0.481 e. The molecule has 6 heteroatoms. The molecule has 0 unspecified atom stereocenters. The van der Waals surface area contributed by atoms with Crippen LogP contribution >= 0.6 is 0 Å². The summed E-state index contributed by atoms with van der Waals surface area (Å²) in [5, 5.41) is 13.9. The summed E-state index contributed by atoms with van der Waals surface area (Å²) >= 11 is 0. The average molecular weight is 292 g/mol. The molecule has 0 radical (unpaired) electrons. The molecular formula is C15H20N2O4. The number of anilines is 1. The molecule has 0 atom stereocenters. The van der Waals surface area contributed by atoms with Gasteiger partial charge in [0.25, 0.3) is 5.91 Å². The van der Waals surface area contributed by atoms with Gasteiger partial charge in [0.15, 0.2) is 0 Å². The lowest BCUT2D eigenvalue weighted by Gasteiger charge is -2.08. The van der Waals surface area contributed by atoms with Crippen molar-refractivity contribution in [2.45, 2.75) is 32.6 Å². The first-order chi connectivity index (χ1) is 10.0. The van der Waals surface area contributed by atoms with Gasteiger partial charge in [-0.2, -0.15) is 0 Å². The van der Waals surface area contributed by atoms with Crippen molar-refractivity contribution in [1.82, 2.24) is 5.32 Å². The number of rotatable bonds is 8. The van der Waals surface area contributed by atoms with E-state index < -0.39 is 5.97 Å². The van der Waals surface area contributed by atoms with E-state index in [0.717, 1.165) is 12.8 Å². The van der Waals surface area contributed by atoms with Gasteiger partial charge in [0, 0.05) is 24.2 Å². The van der Waals surface area contributed by atoms with E-state index in [1.54, 1.807) is 24.3 Å². The van der Waals surface area contributed by atoms with Crippen LogP contribution in [0.15, 0.2) is 24.3 Å². The maximum atomic E-state index is 11.9. The van der Waals surface area contributed by atoms with Crippen LogP contribution in [0.5, 0.6) is 0 Å². The minimum atomic E-state index is -1.02. The lowest BCUT2D eigenvalue weighted by atomic mass is 10.1. The van der Waals surface area contributed by atoms with Gasteiger partial charge in [-0.25, -0.2) is 0 Å². The monoisotopic (exact) mass is 292 g/mol. The number of carbonyl (C=O) groups excluding carboxylic acids is 2. The number of nitrogens with one attached hydrogen (secondary N) is 2. The zero-order valence-corrected chi connectivity index (χ0v) is 12.0. The molecule has 0 aliphatic heterocycles. The van der Waals surface area contributed by atoms with Gasteiger partial charge in [0.2, 0.25) is 5.91 Å². The van der Waals surface area contributed by atoms with Crippen molar-refractivity contribution in [3.8, 4) is 0 Å². The number of carboxylic acids is 1. The maximum absolute atomic E-state index is 11.9. The zero-order valence-electron chi connectivity index (χ0n) is 12.0. The Hall–Kier alpha value is -2.37. The van der Waals surface area contributed by atoms with E-state index in [9.17, 15) is 14.4 Å². The topological polar surface area (TPSA) is 95.5 Å². The Morgan fingerprint density at radius 3 is 2.62 bits per heavy atom. The average Bonchev–Trinajstić information content (AvgIpc) is 2.45. The first-order valence-corrected chi connectivity index (χ1v) is 6.93. The second-order valence-corrected chi connectivity index (χ2v) is 4.63. The standard InChI is InChI=1S/C15H20N2O4/c1-2-3-9-16-15(21)11-5-4-6-12(10-11)17-13(18)7-8-14(19)20/h4-6,10H,2-3,7-9H2,1H3,(H,16,21)(H,17,18)(H,19,20). The van der Waals surface area contributed by atoms with E-state index in [4.69, 9.17) is 5.11 Å². The summed E-state index contributed by atoms with van der Waals surface area (Å²) in [6, 6.07) is 6.55. The van der Waals surface area contributed by atoms with Crippen molar-refractivity contribution in [1.29, 1.82) is 0 Å². The van der Waals surface area contributed by atoms with E-state index in [0.29, 0.717) is 17.8 Å². The van der Waals surface area contributed by atoms with Crippen molar-refractivity contribution in [2.24, 2.45) is 0 Å². The molecule has 0 aromatic heterocycles. The van der Waals surface area contributed by atoms with Gasteiger partial charge in [0.05, 0.1) is 6.42 Å². The molecule has 6 nitrogen and oxygen atoms in total. The first kappa shape index (κ1) is 16.7. The molecule has 0 aliphatic carbocycles. The summed E-state index contributed by atoms with van der Waals surface area (Å²) in [5.74, 6) is -1.60. The van der Waals surface area contributed by atoms with Crippen LogP contribution < -0.4 is 10.6 Å². The first-order valence-electron chi connectivity index (χ1n) is 6.93. The number of benzene rings is 1. The van der Waals surface area contributed by atoms with Gasteiger partial charge in [-0.15, -0.1) is 0 Å². The number of aliphatic carboxylic acids is 1. The van der Waals surface area contributed by atoms with Crippen molar-refractivity contribution in [3.05, 3.63) is 29.8 Å². The van der Waals surface area contributed by atoms with Gasteiger partial charge in [0.1, 0.15) is 0 Å². The summed E-state index contributed by atoms with van der Waals surface area (Å²) in [4.78, 5) is 33.8. The van der Waals surface area contributed by atoms with Crippen LogP contribution in [0.2, 0.25) is 0 Å². The fraction of sp³-hybridized carbons (Fsp3) is 0.400. The smallest absolute Gasteiger partial charge is 0.303 e. The molecule has 0 saturated heterocycles. The van der Waals surface area contributed by atoms with Gasteiger partial charge < -0.3 is 15.7 Å². The summed E-state index contributed by atoms with van der Waals surface area (Å²) in [6.07, 6.45) is 1.60. The summed E-state index contributed by atoms with van der Waals surface area (Å²) < 4.78 is 0. The van der Waals surface area contributed by atoms with Gasteiger partial charge in [-0.05, 0) is 24.6 Å². The van der Waals surface area contributed by atoms with E-state index in [-0.39, 0.29) is 24.7 Å². The number of unbranched alkanes of at least 4 members (excludes halogenated alkanes) is 1. The second-order valence-electron chi connectivity index (χ2n) is 4.63. The van der Waals surface area contributed by atoms with E-state index in [1.807, 2.05) is 6.92 Å². The summed E-state index contributed by atoms with van der Waals surface area (Å²) in [6.45, 7) is 2.66. The third-order valence-corrected chi connectivity index (χ3v) is 2.79. The number of hydrogen-bond acceptors (Lipinski definition) is 3. The molecule has 0 aliphatic rings. The highest BCUT2D eigenvalue weighted by Gasteiger charge is 2.08. The highest BCUT2D eigenvalue weighted by atomic mass is 16.4. The molecule has 0 fully saturated rings. The van der Waals surface area contributed by atoms with Crippen LogP contribution in [0.1, 0.15) is 43.0 Å². The number of carboxylic acid groups (broad SMARTS) is 1. The van der Waals surface area contributed by atoms with Crippen LogP contribution in [0.3, 0.4) is 0 Å². The Balaban J connectivity index is 2.57. The minimum absolute atomic E-state index is 0.0950. The molecule has 114 valence electrons. The predicted molar refractivity (Wildman–Crippen MR) is 79.2 cm³/mol. The molecule has 21 heavy (non-hydrogen) atoms. The van der Waals surface area contributed by atoms with Gasteiger partial charge in [-0.3, -0.25) is 14.4 Å². The quantitative estimate of drug-likeness (QED) is 0.639.